The normalized spacial score (nSPS) is 10.1. The molecule has 0 bridgehead atoms. The molecule has 3 nitrogen and oxygen atoms in total. The van der Waals surface area contributed by atoms with E-state index in [0.29, 0.717) is 11.4 Å². The lowest BCUT2D eigenvalue weighted by atomic mass is 10.1. The van der Waals surface area contributed by atoms with Crippen molar-refractivity contribution < 1.29 is 4.79 Å². The van der Waals surface area contributed by atoms with Crippen LogP contribution in [0.2, 0.25) is 0 Å². The molecule has 0 saturated carbocycles. The Kier molecular flexibility index (Phi) is 4.07. The number of hydrogen-bond donors (Lipinski definition) is 1. The Labute approximate surface area is 107 Å². The Morgan fingerprint density at radius 3 is 2.56 bits per heavy atom. The number of aryl methyl sites for hydroxylation is 1. The molecule has 2 rings (SSSR count). The van der Waals surface area contributed by atoms with Crippen LogP contribution in [0.4, 0.5) is 5.82 Å². The van der Waals surface area contributed by atoms with E-state index >= 15 is 0 Å². The predicted octanol–water partition coefficient (Wildman–Crippen LogP) is 3.29. The molecule has 0 aliphatic rings. The first kappa shape index (κ1) is 12.3. The lowest BCUT2D eigenvalue weighted by Crippen LogP contribution is -2.12. The maximum absolute atomic E-state index is 11.9. The molecule has 0 aliphatic heterocycles. The second kappa shape index (κ2) is 5.96. The van der Waals surface area contributed by atoms with Crippen molar-refractivity contribution in [3.63, 3.8) is 0 Å². The monoisotopic (exact) mass is 240 g/mol. The number of carbonyl (C=O) groups is 1. The Hall–Kier alpha value is -2.16. The lowest BCUT2D eigenvalue weighted by molar-refractivity contribution is 0.102. The molecule has 18 heavy (non-hydrogen) atoms. The average Bonchev–Trinajstić information content (AvgIpc) is 2.41. The standard InChI is InChI=1S/C15H16N2O/c1-2-5-12-7-9-13(10-8-12)15(18)17-14-6-3-4-11-16-14/h3-4,6-11H,2,5H2,1H3,(H,16,17,18). The van der Waals surface area contributed by atoms with Crippen molar-refractivity contribution in [2.75, 3.05) is 5.32 Å². The Morgan fingerprint density at radius 2 is 1.94 bits per heavy atom. The van der Waals surface area contributed by atoms with Crippen molar-refractivity contribution in [1.29, 1.82) is 0 Å². The molecule has 1 amide bonds. The minimum atomic E-state index is -0.128. The Balaban J connectivity index is 2.05. The Morgan fingerprint density at radius 1 is 1.17 bits per heavy atom. The van der Waals surface area contributed by atoms with Crippen LogP contribution in [-0.4, -0.2) is 10.9 Å². The Bertz CT molecular complexity index is 506. The third kappa shape index (κ3) is 3.17. The largest absolute Gasteiger partial charge is 0.307 e. The van der Waals surface area contributed by atoms with E-state index in [-0.39, 0.29) is 5.91 Å². The van der Waals surface area contributed by atoms with Crippen LogP contribution in [0.5, 0.6) is 0 Å². The number of benzene rings is 1. The van der Waals surface area contributed by atoms with Gasteiger partial charge in [-0.25, -0.2) is 4.98 Å². The van der Waals surface area contributed by atoms with Crippen LogP contribution in [0.3, 0.4) is 0 Å². The molecule has 92 valence electrons. The predicted molar refractivity (Wildman–Crippen MR) is 72.6 cm³/mol. The van der Waals surface area contributed by atoms with Gasteiger partial charge in [-0.2, -0.15) is 0 Å². The summed E-state index contributed by atoms with van der Waals surface area (Å²) in [6.45, 7) is 2.14. The number of carbonyl (C=O) groups excluding carboxylic acids is 1. The fraction of sp³-hybridized carbons (Fsp3) is 0.200. The van der Waals surface area contributed by atoms with Crippen LogP contribution in [0.15, 0.2) is 48.7 Å². The average molecular weight is 240 g/mol. The fourth-order valence-corrected chi connectivity index (χ4v) is 1.74. The van der Waals surface area contributed by atoms with Crippen molar-refractivity contribution in [1.82, 2.24) is 4.98 Å². The molecular weight excluding hydrogens is 224 g/mol. The molecule has 0 spiro atoms. The van der Waals surface area contributed by atoms with Gasteiger partial charge in [-0.3, -0.25) is 4.79 Å². The number of anilines is 1. The third-order valence-corrected chi connectivity index (χ3v) is 2.66. The highest BCUT2D eigenvalue weighted by molar-refractivity contribution is 6.03. The smallest absolute Gasteiger partial charge is 0.256 e. The van der Waals surface area contributed by atoms with Gasteiger partial charge in [0.15, 0.2) is 0 Å². The van der Waals surface area contributed by atoms with Gasteiger partial charge in [0.2, 0.25) is 0 Å². The van der Waals surface area contributed by atoms with E-state index in [2.05, 4.69) is 17.2 Å². The van der Waals surface area contributed by atoms with E-state index in [4.69, 9.17) is 0 Å². The molecule has 1 aromatic heterocycles. The number of nitrogens with one attached hydrogen (secondary N) is 1. The summed E-state index contributed by atoms with van der Waals surface area (Å²) in [4.78, 5) is 16.0. The molecule has 0 aliphatic carbocycles. The van der Waals surface area contributed by atoms with Crippen molar-refractivity contribution in [2.45, 2.75) is 19.8 Å². The van der Waals surface area contributed by atoms with Crippen molar-refractivity contribution >= 4 is 11.7 Å². The minimum absolute atomic E-state index is 0.128. The summed E-state index contributed by atoms with van der Waals surface area (Å²) >= 11 is 0. The number of nitrogens with zero attached hydrogens (tertiary/aromatic N) is 1. The maximum atomic E-state index is 11.9. The molecular formula is C15H16N2O. The number of aromatic nitrogens is 1. The highest BCUT2D eigenvalue weighted by Gasteiger charge is 2.05. The van der Waals surface area contributed by atoms with Gasteiger partial charge >= 0.3 is 0 Å². The summed E-state index contributed by atoms with van der Waals surface area (Å²) in [5, 5.41) is 2.76. The molecule has 3 heteroatoms. The van der Waals surface area contributed by atoms with E-state index in [1.807, 2.05) is 36.4 Å². The molecule has 2 aromatic rings. The maximum Gasteiger partial charge on any atom is 0.256 e. The van der Waals surface area contributed by atoms with Gasteiger partial charge in [0, 0.05) is 11.8 Å². The summed E-state index contributed by atoms with van der Waals surface area (Å²) in [5.74, 6) is 0.442. The van der Waals surface area contributed by atoms with Gasteiger partial charge in [0.25, 0.3) is 5.91 Å². The SMILES string of the molecule is CCCc1ccc(C(=O)Nc2ccccn2)cc1. The highest BCUT2D eigenvalue weighted by atomic mass is 16.1. The van der Waals surface area contributed by atoms with Gasteiger partial charge in [-0.05, 0) is 36.2 Å². The summed E-state index contributed by atoms with van der Waals surface area (Å²) in [6, 6.07) is 13.1. The molecule has 0 unspecified atom stereocenters. The van der Waals surface area contributed by atoms with E-state index in [0.717, 1.165) is 12.8 Å². The van der Waals surface area contributed by atoms with Crippen LogP contribution in [-0.2, 0) is 6.42 Å². The first-order valence-electron chi connectivity index (χ1n) is 6.11. The third-order valence-electron chi connectivity index (χ3n) is 2.66. The van der Waals surface area contributed by atoms with E-state index in [1.54, 1.807) is 12.3 Å². The quantitative estimate of drug-likeness (QED) is 0.891. The molecule has 0 atom stereocenters. The molecule has 0 saturated heterocycles. The second-order valence-electron chi connectivity index (χ2n) is 4.12. The first-order valence-corrected chi connectivity index (χ1v) is 6.11. The fourth-order valence-electron chi connectivity index (χ4n) is 1.74. The van der Waals surface area contributed by atoms with Gasteiger partial charge < -0.3 is 5.32 Å². The molecule has 1 N–H and O–H groups in total. The van der Waals surface area contributed by atoms with Gasteiger partial charge in [-0.15, -0.1) is 0 Å². The van der Waals surface area contributed by atoms with E-state index in [1.165, 1.54) is 5.56 Å². The van der Waals surface area contributed by atoms with Gasteiger partial charge in [0.05, 0.1) is 0 Å². The lowest BCUT2D eigenvalue weighted by Gasteiger charge is -2.05. The highest BCUT2D eigenvalue weighted by Crippen LogP contribution is 2.09. The molecule has 0 fully saturated rings. The molecule has 1 aromatic carbocycles. The van der Waals surface area contributed by atoms with Crippen LogP contribution >= 0.6 is 0 Å². The van der Waals surface area contributed by atoms with Crippen LogP contribution in [0.25, 0.3) is 0 Å². The number of pyridine rings is 1. The zero-order chi connectivity index (χ0) is 12.8. The zero-order valence-electron chi connectivity index (χ0n) is 10.4. The first-order chi connectivity index (χ1) is 8.79. The molecule has 0 radical (unpaired) electrons. The van der Waals surface area contributed by atoms with Gasteiger partial charge in [0.1, 0.15) is 5.82 Å². The summed E-state index contributed by atoms with van der Waals surface area (Å²) < 4.78 is 0. The summed E-state index contributed by atoms with van der Waals surface area (Å²) in [5.41, 5.74) is 1.91. The second-order valence-corrected chi connectivity index (χ2v) is 4.12. The zero-order valence-corrected chi connectivity index (χ0v) is 10.4. The van der Waals surface area contributed by atoms with E-state index < -0.39 is 0 Å². The van der Waals surface area contributed by atoms with Gasteiger partial charge in [-0.1, -0.05) is 31.5 Å². The minimum Gasteiger partial charge on any atom is -0.307 e. The number of hydrogen-bond acceptors (Lipinski definition) is 2. The topological polar surface area (TPSA) is 42.0 Å². The van der Waals surface area contributed by atoms with Crippen molar-refractivity contribution in [3.05, 3.63) is 59.8 Å². The number of amides is 1. The number of rotatable bonds is 4. The van der Waals surface area contributed by atoms with Crippen molar-refractivity contribution in [3.8, 4) is 0 Å². The summed E-state index contributed by atoms with van der Waals surface area (Å²) in [7, 11) is 0. The van der Waals surface area contributed by atoms with Crippen molar-refractivity contribution in [2.24, 2.45) is 0 Å². The van der Waals surface area contributed by atoms with Crippen LogP contribution < -0.4 is 5.32 Å². The van der Waals surface area contributed by atoms with Crippen LogP contribution in [0.1, 0.15) is 29.3 Å². The van der Waals surface area contributed by atoms with E-state index in [9.17, 15) is 4.79 Å². The van der Waals surface area contributed by atoms with Crippen LogP contribution in [0, 0.1) is 0 Å². The molecule has 1 heterocycles. The summed E-state index contributed by atoms with van der Waals surface area (Å²) in [6.07, 6.45) is 3.81.